The summed E-state index contributed by atoms with van der Waals surface area (Å²) in [7, 11) is 0. The third kappa shape index (κ3) is 3.71. The number of carbonyl (C=O) groups is 2. The fourth-order valence-corrected chi connectivity index (χ4v) is 3.07. The first-order chi connectivity index (χ1) is 12.1. The van der Waals surface area contributed by atoms with Crippen LogP contribution in [0, 0.1) is 0 Å². The number of carboxylic acids is 1. The first kappa shape index (κ1) is 17.2. The number of nitrogens with one attached hydrogen (secondary N) is 1. The SMILES string of the molecule is CCn1ccnc1[C@H]1OCCC[C@@H]1NC(=O)c1cccc(C(=O)O)c1. The van der Waals surface area contributed by atoms with E-state index < -0.39 is 5.97 Å². The molecular weight excluding hydrogens is 322 g/mol. The number of aromatic carboxylic acids is 1. The van der Waals surface area contributed by atoms with Gasteiger partial charge in [-0.2, -0.15) is 0 Å². The number of nitrogens with zero attached hydrogens (tertiary/aromatic N) is 2. The number of carbonyl (C=O) groups excluding carboxylic acids is 1. The van der Waals surface area contributed by atoms with Gasteiger partial charge < -0.3 is 19.7 Å². The Morgan fingerprint density at radius 3 is 2.96 bits per heavy atom. The molecule has 2 aromatic rings. The number of benzene rings is 1. The Balaban J connectivity index is 1.79. The molecule has 0 spiro atoms. The zero-order valence-corrected chi connectivity index (χ0v) is 14.0. The zero-order chi connectivity index (χ0) is 17.8. The lowest BCUT2D eigenvalue weighted by atomic mass is 10.0. The van der Waals surface area contributed by atoms with Crippen molar-refractivity contribution in [3.8, 4) is 0 Å². The van der Waals surface area contributed by atoms with Gasteiger partial charge in [0.15, 0.2) is 0 Å². The molecule has 132 valence electrons. The summed E-state index contributed by atoms with van der Waals surface area (Å²) in [4.78, 5) is 28.0. The predicted molar refractivity (Wildman–Crippen MR) is 90.5 cm³/mol. The number of amides is 1. The summed E-state index contributed by atoms with van der Waals surface area (Å²) in [5.74, 6) is -0.566. The second-order valence-corrected chi connectivity index (χ2v) is 5.97. The normalized spacial score (nSPS) is 20.2. The largest absolute Gasteiger partial charge is 0.478 e. The summed E-state index contributed by atoms with van der Waals surface area (Å²) in [6.07, 6.45) is 4.94. The van der Waals surface area contributed by atoms with E-state index in [0.29, 0.717) is 12.2 Å². The van der Waals surface area contributed by atoms with E-state index >= 15 is 0 Å². The van der Waals surface area contributed by atoms with E-state index in [0.717, 1.165) is 25.2 Å². The van der Waals surface area contributed by atoms with Crippen LogP contribution in [0.1, 0.15) is 52.4 Å². The van der Waals surface area contributed by atoms with Gasteiger partial charge in [0.1, 0.15) is 11.9 Å². The van der Waals surface area contributed by atoms with Crippen LogP contribution in [-0.2, 0) is 11.3 Å². The zero-order valence-electron chi connectivity index (χ0n) is 14.0. The van der Waals surface area contributed by atoms with Crippen molar-refractivity contribution in [1.82, 2.24) is 14.9 Å². The predicted octanol–water partition coefficient (Wildman–Crippen LogP) is 2.25. The number of imidazole rings is 1. The topological polar surface area (TPSA) is 93.5 Å². The summed E-state index contributed by atoms with van der Waals surface area (Å²) in [5, 5.41) is 12.1. The molecule has 0 radical (unpaired) electrons. The Kier molecular flexibility index (Phi) is 5.14. The van der Waals surface area contributed by atoms with Crippen molar-refractivity contribution in [1.29, 1.82) is 0 Å². The molecular formula is C18H21N3O4. The van der Waals surface area contributed by atoms with Crippen LogP contribution in [0.15, 0.2) is 36.7 Å². The van der Waals surface area contributed by atoms with Gasteiger partial charge >= 0.3 is 5.97 Å². The van der Waals surface area contributed by atoms with Crippen LogP contribution in [0.3, 0.4) is 0 Å². The van der Waals surface area contributed by atoms with Crippen molar-refractivity contribution in [2.45, 2.75) is 38.5 Å². The fraction of sp³-hybridized carbons (Fsp3) is 0.389. The number of ether oxygens (including phenoxy) is 1. The van der Waals surface area contributed by atoms with Crippen LogP contribution < -0.4 is 5.32 Å². The Bertz CT molecular complexity index is 771. The summed E-state index contributed by atoms with van der Waals surface area (Å²) in [6, 6.07) is 5.81. The van der Waals surface area contributed by atoms with Crippen molar-refractivity contribution in [3.05, 3.63) is 53.6 Å². The Morgan fingerprint density at radius 2 is 2.20 bits per heavy atom. The monoisotopic (exact) mass is 343 g/mol. The van der Waals surface area contributed by atoms with Gasteiger partial charge in [0.2, 0.25) is 0 Å². The Labute approximate surface area is 145 Å². The second kappa shape index (κ2) is 7.48. The van der Waals surface area contributed by atoms with Crippen LogP contribution in [0.2, 0.25) is 0 Å². The maximum atomic E-state index is 12.6. The smallest absolute Gasteiger partial charge is 0.335 e. The van der Waals surface area contributed by atoms with Crippen LogP contribution in [0.5, 0.6) is 0 Å². The van der Waals surface area contributed by atoms with Gasteiger partial charge in [-0.15, -0.1) is 0 Å². The summed E-state index contributed by atoms with van der Waals surface area (Å²) >= 11 is 0. The number of hydrogen-bond donors (Lipinski definition) is 2. The van der Waals surface area contributed by atoms with Gasteiger partial charge in [-0.05, 0) is 38.0 Å². The van der Waals surface area contributed by atoms with Crippen molar-refractivity contribution >= 4 is 11.9 Å². The van der Waals surface area contributed by atoms with Gasteiger partial charge in [-0.25, -0.2) is 9.78 Å². The van der Waals surface area contributed by atoms with E-state index in [1.165, 1.54) is 12.1 Å². The molecule has 7 heteroatoms. The number of rotatable bonds is 5. The van der Waals surface area contributed by atoms with E-state index in [9.17, 15) is 9.59 Å². The van der Waals surface area contributed by atoms with E-state index in [4.69, 9.17) is 9.84 Å². The first-order valence-electron chi connectivity index (χ1n) is 8.37. The highest BCUT2D eigenvalue weighted by molar-refractivity contribution is 5.97. The average molecular weight is 343 g/mol. The standard InChI is InChI=1S/C18H21N3O4/c1-2-21-9-8-19-16(21)15-14(7-4-10-25-15)20-17(22)12-5-3-6-13(11-12)18(23)24/h3,5-6,8-9,11,14-15H,2,4,7,10H2,1H3,(H,20,22)(H,23,24)/t14-,15-/m0/s1. The third-order valence-corrected chi connectivity index (χ3v) is 4.35. The average Bonchev–Trinajstić information content (AvgIpc) is 3.10. The molecule has 25 heavy (non-hydrogen) atoms. The van der Waals surface area contributed by atoms with Crippen molar-refractivity contribution in [2.24, 2.45) is 0 Å². The molecule has 2 N–H and O–H groups in total. The molecule has 0 unspecified atom stereocenters. The molecule has 1 amide bonds. The Morgan fingerprint density at radius 1 is 1.40 bits per heavy atom. The maximum Gasteiger partial charge on any atom is 0.335 e. The number of aryl methyl sites for hydroxylation is 1. The summed E-state index contributed by atoms with van der Waals surface area (Å²) in [6.45, 7) is 3.43. The van der Waals surface area contributed by atoms with Crippen molar-refractivity contribution in [2.75, 3.05) is 6.61 Å². The lowest BCUT2D eigenvalue weighted by Gasteiger charge is -2.32. The van der Waals surface area contributed by atoms with Gasteiger partial charge in [0.25, 0.3) is 5.91 Å². The highest BCUT2D eigenvalue weighted by Crippen LogP contribution is 2.27. The quantitative estimate of drug-likeness (QED) is 0.868. The second-order valence-electron chi connectivity index (χ2n) is 5.97. The third-order valence-electron chi connectivity index (χ3n) is 4.35. The molecule has 1 aromatic carbocycles. The molecule has 7 nitrogen and oxygen atoms in total. The van der Waals surface area contributed by atoms with Crippen LogP contribution in [0.4, 0.5) is 0 Å². The van der Waals surface area contributed by atoms with Gasteiger partial charge in [0.05, 0.1) is 11.6 Å². The minimum absolute atomic E-state index is 0.0885. The molecule has 1 fully saturated rings. The number of aromatic nitrogens is 2. The minimum Gasteiger partial charge on any atom is -0.478 e. The van der Waals surface area contributed by atoms with Crippen LogP contribution >= 0.6 is 0 Å². The summed E-state index contributed by atoms with van der Waals surface area (Å²) < 4.78 is 7.88. The summed E-state index contributed by atoms with van der Waals surface area (Å²) in [5.41, 5.74) is 0.411. The molecule has 1 aliphatic heterocycles. The van der Waals surface area contributed by atoms with Gasteiger partial charge in [-0.1, -0.05) is 6.07 Å². The molecule has 1 saturated heterocycles. The lowest BCUT2D eigenvalue weighted by molar-refractivity contribution is -0.0163. The highest BCUT2D eigenvalue weighted by atomic mass is 16.5. The van der Waals surface area contributed by atoms with E-state index in [-0.39, 0.29) is 23.6 Å². The molecule has 2 atom stereocenters. The number of carboxylic acid groups (broad SMARTS) is 1. The van der Waals surface area contributed by atoms with Crippen molar-refractivity contribution in [3.63, 3.8) is 0 Å². The first-order valence-corrected chi connectivity index (χ1v) is 8.37. The van der Waals surface area contributed by atoms with Crippen LogP contribution in [-0.4, -0.2) is 39.2 Å². The molecule has 3 rings (SSSR count). The molecule has 0 aliphatic carbocycles. The maximum absolute atomic E-state index is 12.6. The number of hydrogen-bond acceptors (Lipinski definition) is 4. The minimum atomic E-state index is -1.06. The molecule has 2 heterocycles. The lowest BCUT2D eigenvalue weighted by Crippen LogP contribution is -2.43. The molecule has 1 aromatic heterocycles. The Hall–Kier alpha value is -2.67. The van der Waals surface area contributed by atoms with Crippen LogP contribution in [0.25, 0.3) is 0 Å². The van der Waals surface area contributed by atoms with E-state index in [1.807, 2.05) is 17.7 Å². The van der Waals surface area contributed by atoms with E-state index in [2.05, 4.69) is 10.3 Å². The highest BCUT2D eigenvalue weighted by Gasteiger charge is 2.32. The van der Waals surface area contributed by atoms with Crippen molar-refractivity contribution < 1.29 is 19.4 Å². The molecule has 0 bridgehead atoms. The van der Waals surface area contributed by atoms with E-state index in [1.54, 1.807) is 18.3 Å². The molecule has 1 aliphatic rings. The molecule has 0 saturated carbocycles. The fourth-order valence-electron chi connectivity index (χ4n) is 3.07. The van der Waals surface area contributed by atoms with Gasteiger partial charge in [0, 0.05) is 31.1 Å². The van der Waals surface area contributed by atoms with Gasteiger partial charge in [-0.3, -0.25) is 4.79 Å².